The van der Waals surface area contributed by atoms with Gasteiger partial charge in [0.15, 0.2) is 0 Å². The second kappa shape index (κ2) is 24.1. The van der Waals surface area contributed by atoms with Crippen LogP contribution >= 0.6 is 0 Å². The van der Waals surface area contributed by atoms with Crippen molar-refractivity contribution < 1.29 is 33.6 Å². The predicted octanol–water partition coefficient (Wildman–Crippen LogP) is -0.224. The number of rotatable bonds is 0. The Balaban J connectivity index is 0. The third-order valence-corrected chi connectivity index (χ3v) is 0. The molecule has 0 amide bonds. The van der Waals surface area contributed by atoms with E-state index in [2.05, 4.69) is 0 Å². The van der Waals surface area contributed by atoms with Crippen LogP contribution in [0.15, 0.2) is 0 Å². The Bertz CT molecular complexity index is 8.00. The van der Waals surface area contributed by atoms with Crippen molar-refractivity contribution in [2.75, 3.05) is 0 Å². The molecule has 0 heterocycles. The van der Waals surface area contributed by atoms with Crippen LogP contribution < -0.4 is 6.15 Å². The fourth-order valence-electron chi connectivity index (χ4n) is 0. The summed E-state index contributed by atoms with van der Waals surface area (Å²) in [6.45, 7) is 0. The average Bonchev–Trinajstić information content (AvgIpc) is 0. The fraction of sp³-hybridized carbons (Fsp3) is 0. The van der Waals surface area contributed by atoms with Crippen molar-refractivity contribution >= 4 is 18.0 Å². The maximum atomic E-state index is 0. The van der Waals surface area contributed by atoms with Crippen LogP contribution in [0.1, 0.15) is 0 Å². The van der Waals surface area contributed by atoms with E-state index >= 15 is 0 Å². The molecule has 0 saturated heterocycles. The van der Waals surface area contributed by atoms with Gasteiger partial charge >= 0.3 is 0 Å². The van der Waals surface area contributed by atoms with Crippen molar-refractivity contribution in [2.45, 2.75) is 0 Å². The molecule has 1 nitrogen and oxygen atoms in total. The van der Waals surface area contributed by atoms with E-state index in [4.69, 9.17) is 0 Å². The summed E-state index contributed by atoms with van der Waals surface area (Å²) in [5.74, 6) is 0. The summed E-state index contributed by atoms with van der Waals surface area (Å²) < 4.78 is 0. The first-order chi connectivity index (χ1) is 0. The van der Waals surface area contributed by atoms with Crippen LogP contribution in [-0.2, 0) is 33.6 Å². The summed E-state index contributed by atoms with van der Waals surface area (Å²) in [7, 11) is 0. The minimum absolute atomic E-state index is 0. The van der Waals surface area contributed by atoms with Crippen molar-refractivity contribution in [2.24, 2.45) is 0 Å². The maximum Gasteiger partial charge on any atom is 0 e. The predicted molar refractivity (Wildman–Crippen MR) is 10.8 cm³/mol. The molecule has 0 aliphatic heterocycles. The zero-order valence-electron chi connectivity index (χ0n) is 1.82. The molecule has 4 heavy (non-hydrogen) atoms. The van der Waals surface area contributed by atoms with Gasteiger partial charge in [0.25, 0.3) is 0 Å². The van der Waals surface area contributed by atoms with Gasteiger partial charge in [-0.1, -0.05) is 0 Å². The largest absolute Gasteiger partial charge is 0.344 e. The summed E-state index contributed by atoms with van der Waals surface area (Å²) in [4.78, 5) is 0. The molecule has 0 aromatic carbocycles. The van der Waals surface area contributed by atoms with E-state index in [1.54, 1.807) is 0 Å². The number of hydrogen-bond donors (Lipinski definition) is 1. The molecule has 3 radical (unpaired) electrons. The summed E-state index contributed by atoms with van der Waals surface area (Å²) in [5.41, 5.74) is 0. The Morgan fingerprint density at radius 2 is 1.00 bits per heavy atom. The molecular weight excluding hydrogens is 203 g/mol. The zero-order valence-corrected chi connectivity index (χ0v) is 5.79. The van der Waals surface area contributed by atoms with Gasteiger partial charge in [0.2, 0.25) is 0 Å². The molecule has 0 aromatic rings. The van der Waals surface area contributed by atoms with Crippen LogP contribution in [0.25, 0.3) is 0 Å². The van der Waals surface area contributed by atoms with Crippen molar-refractivity contribution in [1.82, 2.24) is 6.15 Å². The maximum absolute atomic E-state index is 0. The first-order valence-electron chi connectivity index (χ1n) is 0. The fourth-order valence-corrected chi connectivity index (χ4v) is 0. The molecule has 0 aliphatic carbocycles. The molecule has 0 bridgehead atoms. The van der Waals surface area contributed by atoms with Crippen LogP contribution in [0.3, 0.4) is 0 Å². The van der Waals surface area contributed by atoms with Gasteiger partial charge in [0.05, 0.1) is 0 Å². The van der Waals surface area contributed by atoms with E-state index in [9.17, 15) is 0 Å². The monoisotopic (exact) mass is 206 g/mol. The van der Waals surface area contributed by atoms with Crippen molar-refractivity contribution in [3.63, 3.8) is 0 Å². The van der Waals surface area contributed by atoms with Gasteiger partial charge in [0.1, 0.15) is 0 Å². The molecule has 0 rings (SSSR count). The van der Waals surface area contributed by atoms with Crippen LogP contribution in [-0.4, -0.2) is 18.0 Å². The average molecular weight is 206 g/mol. The van der Waals surface area contributed by atoms with Gasteiger partial charge in [-0.15, -0.1) is 0 Å². The molecular formula is H3AsFeNNi. The molecule has 0 aliphatic rings. The first-order valence-corrected chi connectivity index (χ1v) is 0. The summed E-state index contributed by atoms with van der Waals surface area (Å²) in [5, 5.41) is 0. The zero-order chi connectivity index (χ0) is 0. The standard InChI is InChI=1S/As.Fe.H3N.Ni/h;;1H3;. The van der Waals surface area contributed by atoms with E-state index in [-0.39, 0.29) is 57.7 Å². The van der Waals surface area contributed by atoms with Crippen LogP contribution in [0.5, 0.6) is 0 Å². The quantitative estimate of drug-likeness (QED) is 0.546. The Hall–Kier alpha value is 1.53. The van der Waals surface area contributed by atoms with Gasteiger partial charge in [-0.2, -0.15) is 0 Å². The van der Waals surface area contributed by atoms with E-state index < -0.39 is 0 Å². The number of hydrogen-bond acceptors (Lipinski definition) is 1. The molecule has 0 spiro atoms. The van der Waals surface area contributed by atoms with Crippen molar-refractivity contribution in [3.05, 3.63) is 0 Å². The topological polar surface area (TPSA) is 35.0 Å². The van der Waals surface area contributed by atoms with Gasteiger partial charge < -0.3 is 6.15 Å². The molecule has 0 atom stereocenters. The van der Waals surface area contributed by atoms with Gasteiger partial charge in [-0.3, -0.25) is 0 Å². The Morgan fingerprint density at radius 1 is 1.00 bits per heavy atom. The SMILES string of the molecule is N.[As].[Fe].[Ni]. The van der Waals surface area contributed by atoms with E-state index in [0.717, 1.165) is 0 Å². The second-order valence-electron chi connectivity index (χ2n) is 0. The Labute approximate surface area is 57.6 Å². The molecule has 0 saturated carbocycles. The molecule has 0 fully saturated rings. The third kappa shape index (κ3) is 9.65. The first kappa shape index (κ1) is 48.4. The Morgan fingerprint density at radius 3 is 1.00 bits per heavy atom. The van der Waals surface area contributed by atoms with E-state index in [1.165, 1.54) is 0 Å². The molecule has 3 N–H and O–H groups in total. The minimum atomic E-state index is 0. The minimum Gasteiger partial charge on any atom is -0.344 e. The van der Waals surface area contributed by atoms with Gasteiger partial charge in [-0.25, -0.2) is 0 Å². The van der Waals surface area contributed by atoms with Gasteiger partial charge in [-0.05, 0) is 0 Å². The summed E-state index contributed by atoms with van der Waals surface area (Å²) in [6, 6.07) is 0. The molecule has 0 aromatic heterocycles. The van der Waals surface area contributed by atoms with Crippen molar-refractivity contribution in [1.29, 1.82) is 0 Å². The summed E-state index contributed by atoms with van der Waals surface area (Å²) >= 11 is 0. The van der Waals surface area contributed by atoms with Crippen LogP contribution in [0, 0.1) is 0 Å². The van der Waals surface area contributed by atoms with Crippen LogP contribution in [0.4, 0.5) is 0 Å². The van der Waals surface area contributed by atoms with E-state index in [0.29, 0.717) is 0 Å². The molecule has 31 valence electrons. The smallest absolute Gasteiger partial charge is 0 e. The molecule has 4 heteroatoms. The van der Waals surface area contributed by atoms with E-state index in [1.807, 2.05) is 0 Å². The summed E-state index contributed by atoms with van der Waals surface area (Å²) in [6.07, 6.45) is 0. The van der Waals surface area contributed by atoms with Gasteiger partial charge in [0, 0.05) is 51.5 Å². The van der Waals surface area contributed by atoms with Crippen LogP contribution in [0.2, 0.25) is 0 Å². The normalized spacial score (nSPS) is 0. The second-order valence-corrected chi connectivity index (χ2v) is 0. The molecule has 0 unspecified atom stereocenters. The van der Waals surface area contributed by atoms with Crippen molar-refractivity contribution in [3.8, 4) is 0 Å². The Kier molecular flexibility index (Phi) is 292. The third-order valence-electron chi connectivity index (χ3n) is 0.